The highest BCUT2D eigenvalue weighted by molar-refractivity contribution is 7.09. The van der Waals surface area contributed by atoms with Crippen LogP contribution in [0.2, 0.25) is 0 Å². The van der Waals surface area contributed by atoms with Gasteiger partial charge in [-0.3, -0.25) is 0 Å². The van der Waals surface area contributed by atoms with Gasteiger partial charge in [-0.05, 0) is 67.8 Å². The van der Waals surface area contributed by atoms with Crippen molar-refractivity contribution in [3.8, 4) is 0 Å². The Balaban J connectivity index is 1.88. The van der Waals surface area contributed by atoms with E-state index in [2.05, 4.69) is 50.6 Å². The Kier molecular flexibility index (Phi) is 5.08. The van der Waals surface area contributed by atoms with Gasteiger partial charge < -0.3 is 5.32 Å². The van der Waals surface area contributed by atoms with Crippen LogP contribution in [0.4, 0.5) is 0 Å². The van der Waals surface area contributed by atoms with E-state index in [9.17, 15) is 0 Å². The zero-order chi connectivity index (χ0) is 13.9. The molecule has 0 bridgehead atoms. The Labute approximate surface area is 122 Å². The number of likely N-dealkylation sites (N-methyl/N-ethyl adjacent to an activating group) is 1. The molecule has 0 saturated heterocycles. The first kappa shape index (κ1) is 15.1. The van der Waals surface area contributed by atoms with Gasteiger partial charge in [0.05, 0.1) is 0 Å². The fraction of sp³-hybridized carbons (Fsp3) is 0.765. The van der Waals surface area contributed by atoms with Crippen LogP contribution in [-0.2, 0) is 6.42 Å². The van der Waals surface area contributed by atoms with Crippen LogP contribution in [0.15, 0.2) is 17.5 Å². The fourth-order valence-electron chi connectivity index (χ4n) is 3.54. The normalized spacial score (nSPS) is 26.3. The molecule has 1 N–H and O–H groups in total. The summed E-state index contributed by atoms with van der Waals surface area (Å²) >= 11 is 1.90. The first-order valence-corrected chi connectivity index (χ1v) is 8.58. The minimum Gasteiger partial charge on any atom is -0.316 e. The lowest BCUT2D eigenvalue weighted by Crippen LogP contribution is -2.38. The van der Waals surface area contributed by atoms with Gasteiger partial charge in [0.2, 0.25) is 0 Å². The Morgan fingerprint density at radius 3 is 2.42 bits per heavy atom. The van der Waals surface area contributed by atoms with Crippen molar-refractivity contribution in [1.82, 2.24) is 5.32 Å². The lowest BCUT2D eigenvalue weighted by molar-refractivity contribution is 0.134. The average Bonchev–Trinajstić information content (AvgIpc) is 2.88. The molecule has 19 heavy (non-hydrogen) atoms. The van der Waals surface area contributed by atoms with E-state index in [0.29, 0.717) is 11.5 Å². The second kappa shape index (κ2) is 6.41. The van der Waals surface area contributed by atoms with Crippen molar-refractivity contribution in [3.05, 3.63) is 22.4 Å². The molecule has 1 fully saturated rings. The largest absolute Gasteiger partial charge is 0.316 e. The summed E-state index contributed by atoms with van der Waals surface area (Å²) < 4.78 is 0. The van der Waals surface area contributed by atoms with E-state index in [1.807, 2.05) is 11.3 Å². The molecule has 1 aliphatic carbocycles. The SMILES string of the molecule is CNC(Cc1cccs1)C1CCC(C(C)(C)C)CC1. The van der Waals surface area contributed by atoms with E-state index in [1.54, 1.807) is 0 Å². The molecule has 2 rings (SSSR count). The second-order valence-electron chi connectivity index (χ2n) is 7.16. The van der Waals surface area contributed by atoms with Gasteiger partial charge in [-0.1, -0.05) is 26.8 Å². The standard InChI is InChI=1S/C17H29NS/c1-17(2,3)14-9-7-13(8-10-14)16(18-4)12-15-6-5-11-19-15/h5-6,11,13-14,16,18H,7-10,12H2,1-4H3. The third-order valence-corrected chi connectivity index (χ3v) is 5.84. The van der Waals surface area contributed by atoms with E-state index in [0.717, 1.165) is 11.8 Å². The van der Waals surface area contributed by atoms with Crippen molar-refractivity contribution in [3.63, 3.8) is 0 Å². The van der Waals surface area contributed by atoms with Gasteiger partial charge in [-0.25, -0.2) is 0 Å². The number of nitrogens with one attached hydrogen (secondary N) is 1. The van der Waals surface area contributed by atoms with Crippen LogP contribution >= 0.6 is 11.3 Å². The van der Waals surface area contributed by atoms with Crippen LogP contribution in [0.5, 0.6) is 0 Å². The summed E-state index contributed by atoms with van der Waals surface area (Å²) in [6, 6.07) is 5.11. The molecule has 0 amide bonds. The Morgan fingerprint density at radius 1 is 1.26 bits per heavy atom. The molecule has 0 aromatic carbocycles. The van der Waals surface area contributed by atoms with Crippen molar-refractivity contribution in [2.24, 2.45) is 17.3 Å². The lowest BCUT2D eigenvalue weighted by atomic mass is 9.68. The molecular formula is C17H29NS. The van der Waals surface area contributed by atoms with Crippen LogP contribution in [0, 0.1) is 17.3 Å². The molecule has 1 atom stereocenters. The summed E-state index contributed by atoms with van der Waals surface area (Å²) in [5.74, 6) is 1.79. The van der Waals surface area contributed by atoms with Gasteiger partial charge in [-0.15, -0.1) is 11.3 Å². The number of hydrogen-bond donors (Lipinski definition) is 1. The summed E-state index contributed by atoms with van der Waals surface area (Å²) in [5.41, 5.74) is 0.494. The number of thiophene rings is 1. The van der Waals surface area contributed by atoms with Gasteiger partial charge in [0, 0.05) is 10.9 Å². The van der Waals surface area contributed by atoms with Crippen molar-refractivity contribution >= 4 is 11.3 Å². The molecule has 1 heterocycles. The van der Waals surface area contributed by atoms with Crippen LogP contribution < -0.4 is 5.32 Å². The van der Waals surface area contributed by atoms with Crippen LogP contribution in [0.25, 0.3) is 0 Å². The smallest absolute Gasteiger partial charge is 0.0141 e. The molecule has 0 spiro atoms. The second-order valence-corrected chi connectivity index (χ2v) is 8.19. The van der Waals surface area contributed by atoms with Gasteiger partial charge in [-0.2, -0.15) is 0 Å². The first-order chi connectivity index (χ1) is 9.00. The Morgan fingerprint density at radius 2 is 1.95 bits per heavy atom. The zero-order valence-corrected chi connectivity index (χ0v) is 13.7. The van der Waals surface area contributed by atoms with Gasteiger partial charge in [0.1, 0.15) is 0 Å². The maximum Gasteiger partial charge on any atom is 0.0141 e. The molecule has 1 aromatic rings. The highest BCUT2D eigenvalue weighted by Gasteiger charge is 2.32. The van der Waals surface area contributed by atoms with E-state index in [4.69, 9.17) is 0 Å². The first-order valence-electron chi connectivity index (χ1n) is 7.70. The van der Waals surface area contributed by atoms with Crippen LogP contribution in [-0.4, -0.2) is 13.1 Å². The summed E-state index contributed by atoms with van der Waals surface area (Å²) in [6.07, 6.45) is 6.84. The molecule has 1 unspecified atom stereocenters. The highest BCUT2D eigenvalue weighted by Crippen LogP contribution is 2.41. The molecule has 1 nitrogen and oxygen atoms in total. The predicted molar refractivity (Wildman–Crippen MR) is 85.8 cm³/mol. The van der Waals surface area contributed by atoms with E-state index in [-0.39, 0.29) is 0 Å². The summed E-state index contributed by atoms with van der Waals surface area (Å²) in [7, 11) is 2.13. The minimum absolute atomic E-state index is 0.494. The van der Waals surface area contributed by atoms with Gasteiger partial charge in [0.25, 0.3) is 0 Å². The third kappa shape index (κ3) is 4.06. The van der Waals surface area contributed by atoms with Gasteiger partial charge >= 0.3 is 0 Å². The maximum atomic E-state index is 3.57. The van der Waals surface area contributed by atoms with E-state index < -0.39 is 0 Å². The average molecular weight is 279 g/mol. The molecule has 1 saturated carbocycles. The molecular weight excluding hydrogens is 250 g/mol. The monoisotopic (exact) mass is 279 g/mol. The zero-order valence-electron chi connectivity index (χ0n) is 12.9. The Hall–Kier alpha value is -0.340. The third-order valence-electron chi connectivity index (χ3n) is 4.94. The molecule has 1 aromatic heterocycles. The predicted octanol–water partition coefficient (Wildman–Crippen LogP) is 4.73. The minimum atomic E-state index is 0.494. The number of hydrogen-bond acceptors (Lipinski definition) is 2. The highest BCUT2D eigenvalue weighted by atomic mass is 32.1. The molecule has 108 valence electrons. The van der Waals surface area contributed by atoms with Crippen LogP contribution in [0.3, 0.4) is 0 Å². The fourth-order valence-corrected chi connectivity index (χ4v) is 4.30. The molecule has 0 radical (unpaired) electrons. The maximum absolute atomic E-state index is 3.57. The van der Waals surface area contributed by atoms with Crippen molar-refractivity contribution in [1.29, 1.82) is 0 Å². The van der Waals surface area contributed by atoms with Crippen molar-refractivity contribution < 1.29 is 0 Å². The molecule has 1 aliphatic rings. The topological polar surface area (TPSA) is 12.0 Å². The lowest BCUT2D eigenvalue weighted by Gasteiger charge is -2.39. The summed E-state index contributed by atoms with van der Waals surface area (Å²) in [4.78, 5) is 1.53. The van der Waals surface area contributed by atoms with E-state index in [1.165, 1.54) is 37.0 Å². The molecule has 0 aliphatic heterocycles. The molecule has 2 heteroatoms. The number of rotatable bonds is 4. The van der Waals surface area contributed by atoms with E-state index >= 15 is 0 Å². The summed E-state index contributed by atoms with van der Waals surface area (Å²) in [6.45, 7) is 7.21. The quantitative estimate of drug-likeness (QED) is 0.840. The van der Waals surface area contributed by atoms with Crippen molar-refractivity contribution in [2.45, 2.75) is 58.9 Å². The van der Waals surface area contributed by atoms with Crippen molar-refractivity contribution in [2.75, 3.05) is 7.05 Å². The summed E-state index contributed by atoms with van der Waals surface area (Å²) in [5, 5.41) is 5.76. The van der Waals surface area contributed by atoms with Gasteiger partial charge in [0.15, 0.2) is 0 Å². The van der Waals surface area contributed by atoms with Crippen LogP contribution in [0.1, 0.15) is 51.3 Å². The Bertz CT molecular complexity index is 355.